The largest absolute Gasteiger partial charge is 0.497 e. The molecular weight excluding hydrogens is 386 g/mol. The van der Waals surface area contributed by atoms with E-state index in [4.69, 9.17) is 9.47 Å². The van der Waals surface area contributed by atoms with Crippen molar-refractivity contribution in [3.8, 4) is 11.5 Å². The third-order valence-electron chi connectivity index (χ3n) is 5.05. The Labute approximate surface area is 173 Å². The Morgan fingerprint density at radius 2 is 1.70 bits per heavy atom. The van der Waals surface area contributed by atoms with Crippen LogP contribution in [-0.4, -0.2) is 29.3 Å². The summed E-state index contributed by atoms with van der Waals surface area (Å²) in [4.78, 5) is 38.7. The molecular formula is C22H25N3O5. The summed E-state index contributed by atoms with van der Waals surface area (Å²) in [6.07, 6.45) is 0.614. The van der Waals surface area contributed by atoms with Crippen molar-refractivity contribution in [3.05, 3.63) is 63.3 Å². The van der Waals surface area contributed by atoms with Crippen LogP contribution in [0.1, 0.15) is 26.3 Å². The Bertz CT molecular complexity index is 1170. The average molecular weight is 411 g/mol. The van der Waals surface area contributed by atoms with Gasteiger partial charge in [-0.3, -0.25) is 18.7 Å². The SMILES string of the molecule is CCC(C)n1c(=O)c2ccccc2n(CC(=O)Nc2cc(OC)cc(OC)c2)c1=O. The minimum atomic E-state index is -0.508. The van der Waals surface area contributed by atoms with Crippen molar-refractivity contribution in [2.24, 2.45) is 0 Å². The van der Waals surface area contributed by atoms with Gasteiger partial charge in [-0.05, 0) is 25.5 Å². The van der Waals surface area contributed by atoms with Gasteiger partial charge in [0.1, 0.15) is 18.0 Å². The van der Waals surface area contributed by atoms with Crippen molar-refractivity contribution >= 4 is 22.5 Å². The second kappa shape index (κ2) is 8.86. The lowest BCUT2D eigenvalue weighted by Crippen LogP contribution is -2.43. The molecule has 0 aliphatic carbocycles. The lowest BCUT2D eigenvalue weighted by Gasteiger charge is -2.17. The van der Waals surface area contributed by atoms with Gasteiger partial charge in [0.05, 0.1) is 25.1 Å². The summed E-state index contributed by atoms with van der Waals surface area (Å²) in [5, 5.41) is 3.16. The Hall–Kier alpha value is -3.55. The molecule has 1 heterocycles. The summed E-state index contributed by atoms with van der Waals surface area (Å²) in [6.45, 7) is 3.47. The monoisotopic (exact) mass is 411 g/mol. The van der Waals surface area contributed by atoms with Crippen molar-refractivity contribution in [2.75, 3.05) is 19.5 Å². The third kappa shape index (κ3) is 4.07. The van der Waals surface area contributed by atoms with E-state index in [1.165, 1.54) is 23.4 Å². The molecule has 0 saturated heterocycles. The standard InChI is InChI=1S/C22H25N3O5/c1-5-14(2)25-21(27)18-8-6-7-9-19(18)24(22(25)28)13-20(26)23-15-10-16(29-3)12-17(11-15)30-4/h6-12,14H,5,13H2,1-4H3,(H,23,26). The van der Waals surface area contributed by atoms with Crippen LogP contribution in [0.4, 0.5) is 5.69 Å². The van der Waals surface area contributed by atoms with Gasteiger partial charge in [0.2, 0.25) is 5.91 Å². The molecule has 8 nitrogen and oxygen atoms in total. The molecule has 1 amide bonds. The van der Waals surface area contributed by atoms with Gasteiger partial charge in [-0.1, -0.05) is 19.1 Å². The van der Waals surface area contributed by atoms with Gasteiger partial charge in [0.25, 0.3) is 5.56 Å². The summed E-state index contributed by atoms with van der Waals surface area (Å²) in [7, 11) is 3.04. The van der Waals surface area contributed by atoms with Crippen LogP contribution in [-0.2, 0) is 11.3 Å². The van der Waals surface area contributed by atoms with Crippen molar-refractivity contribution < 1.29 is 14.3 Å². The van der Waals surface area contributed by atoms with E-state index in [-0.39, 0.29) is 18.1 Å². The summed E-state index contributed by atoms with van der Waals surface area (Å²) in [5.41, 5.74) is 0.0415. The predicted octanol–water partition coefficient (Wildman–Crippen LogP) is 2.79. The molecule has 0 spiro atoms. The number of amides is 1. The highest BCUT2D eigenvalue weighted by atomic mass is 16.5. The molecule has 1 atom stereocenters. The summed E-state index contributed by atoms with van der Waals surface area (Å²) >= 11 is 0. The average Bonchev–Trinajstić information content (AvgIpc) is 2.76. The van der Waals surface area contributed by atoms with Crippen LogP contribution in [0, 0.1) is 0 Å². The van der Waals surface area contributed by atoms with Crippen LogP contribution in [0.5, 0.6) is 11.5 Å². The number of aromatic nitrogens is 2. The number of para-hydroxylation sites is 1. The number of nitrogens with zero attached hydrogens (tertiary/aromatic N) is 2. The molecule has 1 N–H and O–H groups in total. The molecule has 158 valence electrons. The number of benzene rings is 2. The molecule has 0 radical (unpaired) electrons. The number of fused-ring (bicyclic) bond motifs is 1. The highest BCUT2D eigenvalue weighted by molar-refractivity contribution is 5.92. The first kappa shape index (κ1) is 21.2. The van der Waals surface area contributed by atoms with Gasteiger partial charge >= 0.3 is 5.69 Å². The van der Waals surface area contributed by atoms with E-state index in [0.717, 1.165) is 0 Å². The highest BCUT2D eigenvalue weighted by Gasteiger charge is 2.18. The molecule has 30 heavy (non-hydrogen) atoms. The maximum Gasteiger partial charge on any atom is 0.332 e. The van der Waals surface area contributed by atoms with E-state index in [1.54, 1.807) is 42.5 Å². The first-order chi connectivity index (χ1) is 14.4. The normalized spacial score (nSPS) is 11.9. The lowest BCUT2D eigenvalue weighted by molar-refractivity contribution is -0.116. The molecule has 3 aromatic rings. The third-order valence-corrected chi connectivity index (χ3v) is 5.05. The number of hydrogen-bond donors (Lipinski definition) is 1. The van der Waals surface area contributed by atoms with Crippen LogP contribution in [0.3, 0.4) is 0 Å². The van der Waals surface area contributed by atoms with E-state index in [2.05, 4.69) is 5.32 Å². The van der Waals surface area contributed by atoms with Crippen LogP contribution in [0.2, 0.25) is 0 Å². The summed E-state index contributed by atoms with van der Waals surface area (Å²) in [6, 6.07) is 11.5. The number of carbonyl (C=O) groups is 1. The highest BCUT2D eigenvalue weighted by Crippen LogP contribution is 2.25. The van der Waals surface area contributed by atoms with E-state index < -0.39 is 11.6 Å². The smallest absolute Gasteiger partial charge is 0.332 e. The first-order valence-electron chi connectivity index (χ1n) is 9.66. The van der Waals surface area contributed by atoms with Crippen molar-refractivity contribution in [1.29, 1.82) is 0 Å². The quantitative estimate of drug-likeness (QED) is 0.646. The fraction of sp³-hybridized carbons (Fsp3) is 0.318. The van der Waals surface area contributed by atoms with Gasteiger partial charge in [-0.2, -0.15) is 0 Å². The molecule has 3 rings (SSSR count). The second-order valence-corrected chi connectivity index (χ2v) is 6.97. The lowest BCUT2D eigenvalue weighted by atomic mass is 10.2. The fourth-order valence-electron chi connectivity index (χ4n) is 3.29. The van der Waals surface area contributed by atoms with Crippen LogP contribution in [0.25, 0.3) is 10.9 Å². The number of hydrogen-bond acceptors (Lipinski definition) is 5. The zero-order chi connectivity index (χ0) is 21.8. The van der Waals surface area contributed by atoms with Gasteiger partial charge in [-0.25, -0.2) is 4.79 Å². The number of rotatable bonds is 7. The summed E-state index contributed by atoms with van der Waals surface area (Å²) in [5.74, 6) is 0.641. The molecule has 0 aliphatic rings. The molecule has 8 heteroatoms. The maximum atomic E-state index is 13.1. The van der Waals surface area contributed by atoms with E-state index in [1.807, 2.05) is 13.8 Å². The van der Waals surface area contributed by atoms with Gasteiger partial charge in [0.15, 0.2) is 0 Å². The Kier molecular flexibility index (Phi) is 6.25. The Morgan fingerprint density at radius 1 is 1.07 bits per heavy atom. The van der Waals surface area contributed by atoms with E-state index in [9.17, 15) is 14.4 Å². The van der Waals surface area contributed by atoms with Crippen molar-refractivity contribution in [3.63, 3.8) is 0 Å². The minimum Gasteiger partial charge on any atom is -0.497 e. The maximum absolute atomic E-state index is 13.1. The molecule has 0 fully saturated rings. The minimum absolute atomic E-state index is 0.240. The number of carbonyl (C=O) groups excluding carboxylic acids is 1. The van der Waals surface area contributed by atoms with Crippen LogP contribution in [0.15, 0.2) is 52.1 Å². The zero-order valence-corrected chi connectivity index (χ0v) is 17.5. The Balaban J connectivity index is 2.02. The molecule has 1 unspecified atom stereocenters. The topological polar surface area (TPSA) is 91.6 Å². The van der Waals surface area contributed by atoms with E-state index >= 15 is 0 Å². The molecule has 0 aliphatic heterocycles. The molecule has 2 aromatic carbocycles. The van der Waals surface area contributed by atoms with E-state index in [0.29, 0.717) is 34.5 Å². The number of anilines is 1. The number of nitrogens with one attached hydrogen (secondary N) is 1. The molecule has 0 bridgehead atoms. The summed E-state index contributed by atoms with van der Waals surface area (Å²) < 4.78 is 13.0. The van der Waals surface area contributed by atoms with Gasteiger partial charge < -0.3 is 14.8 Å². The predicted molar refractivity (Wildman–Crippen MR) is 116 cm³/mol. The molecule has 1 aromatic heterocycles. The van der Waals surface area contributed by atoms with Gasteiger partial charge in [-0.15, -0.1) is 0 Å². The first-order valence-corrected chi connectivity index (χ1v) is 9.66. The molecule has 0 saturated carbocycles. The van der Waals surface area contributed by atoms with Gasteiger partial charge in [0, 0.05) is 29.9 Å². The van der Waals surface area contributed by atoms with Crippen molar-refractivity contribution in [1.82, 2.24) is 9.13 Å². The van der Waals surface area contributed by atoms with Crippen LogP contribution < -0.4 is 26.0 Å². The Morgan fingerprint density at radius 3 is 2.30 bits per heavy atom. The second-order valence-electron chi connectivity index (χ2n) is 6.97. The fourth-order valence-corrected chi connectivity index (χ4v) is 3.29. The number of ether oxygens (including phenoxy) is 2. The zero-order valence-electron chi connectivity index (χ0n) is 17.5. The number of methoxy groups -OCH3 is 2. The van der Waals surface area contributed by atoms with Crippen LogP contribution >= 0.6 is 0 Å². The van der Waals surface area contributed by atoms with Crippen molar-refractivity contribution in [2.45, 2.75) is 32.9 Å².